The van der Waals surface area contributed by atoms with Crippen LogP contribution in [-0.2, 0) is 38.6 Å². The number of rotatable bonds is 12. The van der Waals surface area contributed by atoms with Crippen molar-refractivity contribution < 1.29 is 36.9 Å². The molecule has 0 bridgehead atoms. The van der Waals surface area contributed by atoms with Gasteiger partial charge in [-0.1, -0.05) is 24.3 Å². The molecule has 4 aromatic rings. The number of aryl methyl sites for hydroxylation is 1. The van der Waals surface area contributed by atoms with E-state index in [1.54, 1.807) is 37.4 Å². The van der Waals surface area contributed by atoms with E-state index in [4.69, 9.17) is 23.9 Å². The van der Waals surface area contributed by atoms with E-state index in [1.165, 1.54) is 39.3 Å². The Kier molecular flexibility index (Phi) is 9.44. The van der Waals surface area contributed by atoms with E-state index in [2.05, 4.69) is 19.9 Å². The van der Waals surface area contributed by atoms with E-state index in [0.717, 1.165) is 24.7 Å². The second kappa shape index (κ2) is 13.3. The minimum Gasteiger partial charge on any atom is -0.480 e. The van der Waals surface area contributed by atoms with Crippen LogP contribution >= 0.6 is 0 Å². The zero-order chi connectivity index (χ0) is 32.3. The van der Waals surface area contributed by atoms with Crippen molar-refractivity contribution in [3.05, 3.63) is 71.2 Å². The molecule has 0 N–H and O–H groups in total. The van der Waals surface area contributed by atoms with E-state index in [9.17, 15) is 18.0 Å². The van der Waals surface area contributed by atoms with Gasteiger partial charge in [-0.3, -0.25) is 4.79 Å². The van der Waals surface area contributed by atoms with Gasteiger partial charge in [0.15, 0.2) is 17.8 Å². The van der Waals surface area contributed by atoms with Crippen molar-refractivity contribution in [1.29, 1.82) is 0 Å². The topological polar surface area (TPSA) is 123 Å². The molecule has 238 valence electrons. The number of alkyl halides is 3. The lowest BCUT2D eigenvalue weighted by molar-refractivity contribution is -0.145. The number of ether oxygens (including phenoxy) is 4. The van der Waals surface area contributed by atoms with Gasteiger partial charge >= 0.3 is 12.1 Å². The molecule has 1 aliphatic rings. The molecule has 1 unspecified atom stereocenters. The minimum atomic E-state index is -4.56. The van der Waals surface area contributed by atoms with Crippen LogP contribution in [-0.4, -0.2) is 63.4 Å². The first-order chi connectivity index (χ1) is 21.6. The molecule has 1 aromatic carbocycles. The predicted octanol–water partition coefficient (Wildman–Crippen LogP) is 5.42. The Morgan fingerprint density at radius 1 is 1.04 bits per heavy atom. The van der Waals surface area contributed by atoms with Gasteiger partial charge in [0.25, 0.3) is 0 Å². The number of methoxy groups -OCH3 is 3. The van der Waals surface area contributed by atoms with Crippen molar-refractivity contribution >= 4 is 5.97 Å². The highest BCUT2D eigenvalue weighted by molar-refractivity contribution is 5.79. The summed E-state index contributed by atoms with van der Waals surface area (Å²) < 4.78 is 63.1. The molecule has 11 nitrogen and oxygen atoms in total. The summed E-state index contributed by atoms with van der Waals surface area (Å²) in [5.74, 6) is -0.487. The quantitative estimate of drug-likeness (QED) is 0.149. The van der Waals surface area contributed by atoms with Crippen LogP contribution in [0.1, 0.15) is 66.1 Å². The van der Waals surface area contributed by atoms with Crippen LogP contribution in [0.4, 0.5) is 13.2 Å². The summed E-state index contributed by atoms with van der Waals surface area (Å²) in [5, 5.41) is 0. The molecular weight excluding hydrogens is 593 g/mol. The monoisotopic (exact) mass is 626 g/mol. The highest BCUT2D eigenvalue weighted by Crippen LogP contribution is 2.45. The first kappa shape index (κ1) is 32.0. The van der Waals surface area contributed by atoms with Gasteiger partial charge in [0.05, 0.1) is 25.1 Å². The minimum absolute atomic E-state index is 0.131. The van der Waals surface area contributed by atoms with Gasteiger partial charge in [-0.05, 0) is 31.7 Å². The average molecular weight is 627 g/mol. The second-order valence-corrected chi connectivity index (χ2v) is 10.5. The molecule has 1 atom stereocenters. The molecule has 0 radical (unpaired) electrons. The smallest absolute Gasteiger partial charge is 0.434 e. The third kappa shape index (κ3) is 6.81. The number of benzene rings is 1. The van der Waals surface area contributed by atoms with Gasteiger partial charge < -0.3 is 23.5 Å². The lowest BCUT2D eigenvalue weighted by Gasteiger charge is -2.23. The number of nitrogens with zero attached hydrogens (tertiary/aromatic N) is 6. The van der Waals surface area contributed by atoms with Crippen LogP contribution in [0.15, 0.2) is 43.0 Å². The predicted molar refractivity (Wildman–Crippen MR) is 155 cm³/mol. The molecule has 1 saturated carbocycles. The number of halogens is 3. The number of hydrogen-bond donors (Lipinski definition) is 0. The van der Waals surface area contributed by atoms with Gasteiger partial charge in [-0.25, -0.2) is 24.9 Å². The largest absolute Gasteiger partial charge is 0.480 e. The van der Waals surface area contributed by atoms with Crippen LogP contribution in [0.5, 0.6) is 5.88 Å². The number of carbonyl (C=O) groups excluding carboxylic acids is 1. The number of imidazole rings is 1. The third-order valence-electron chi connectivity index (χ3n) is 7.47. The number of aromatic nitrogens is 6. The van der Waals surface area contributed by atoms with Gasteiger partial charge in [0.1, 0.15) is 23.6 Å². The van der Waals surface area contributed by atoms with E-state index < -0.39 is 30.0 Å². The average Bonchev–Trinajstić information content (AvgIpc) is 3.80. The van der Waals surface area contributed by atoms with Crippen LogP contribution < -0.4 is 4.74 Å². The molecule has 45 heavy (non-hydrogen) atoms. The van der Waals surface area contributed by atoms with Crippen LogP contribution in [0.25, 0.3) is 22.8 Å². The molecule has 1 fully saturated rings. The molecule has 0 amide bonds. The molecule has 3 heterocycles. The lowest BCUT2D eigenvalue weighted by atomic mass is 9.92. The highest BCUT2D eigenvalue weighted by Gasteiger charge is 2.36. The van der Waals surface area contributed by atoms with Crippen molar-refractivity contribution in [3.8, 4) is 28.7 Å². The first-order valence-electron chi connectivity index (χ1n) is 14.3. The number of hydrogen-bond acceptors (Lipinski definition) is 10. The molecule has 5 rings (SSSR count). The van der Waals surface area contributed by atoms with Gasteiger partial charge in [-0.15, -0.1) is 0 Å². The summed E-state index contributed by atoms with van der Waals surface area (Å²) in [6.45, 7) is 1.84. The third-order valence-corrected chi connectivity index (χ3v) is 7.47. The van der Waals surface area contributed by atoms with Gasteiger partial charge in [0, 0.05) is 50.7 Å². The Hall–Kier alpha value is -4.43. The SMILES string of the molecule is CCOC(=O)C(Cc1ccc(-c2nc(C(F)(F)F)cn2C)cc1)c1nc(-c2c(OC)ncnc2C2CC2)ncc1C(OC)OC. The zero-order valence-corrected chi connectivity index (χ0v) is 25.5. The van der Waals surface area contributed by atoms with E-state index in [0.29, 0.717) is 33.8 Å². The van der Waals surface area contributed by atoms with E-state index >= 15 is 0 Å². The first-order valence-corrected chi connectivity index (χ1v) is 14.3. The molecule has 14 heteroatoms. The second-order valence-electron chi connectivity index (χ2n) is 10.5. The van der Waals surface area contributed by atoms with E-state index in [1.807, 2.05) is 0 Å². The summed E-state index contributed by atoms with van der Waals surface area (Å²) in [7, 11) is 5.93. The van der Waals surface area contributed by atoms with Crippen molar-refractivity contribution in [2.75, 3.05) is 27.9 Å². The summed E-state index contributed by atoms with van der Waals surface area (Å²) in [5.41, 5.74) is 2.27. The number of esters is 1. The highest BCUT2D eigenvalue weighted by atomic mass is 19.4. The Morgan fingerprint density at radius 2 is 1.76 bits per heavy atom. The van der Waals surface area contributed by atoms with Crippen LogP contribution in [0.2, 0.25) is 0 Å². The fraction of sp³-hybridized carbons (Fsp3) is 0.419. The van der Waals surface area contributed by atoms with Crippen LogP contribution in [0, 0.1) is 0 Å². The summed E-state index contributed by atoms with van der Waals surface area (Å²) in [6, 6.07) is 6.78. The molecule has 0 aliphatic heterocycles. The maximum absolute atomic E-state index is 13.6. The summed E-state index contributed by atoms with van der Waals surface area (Å²) in [4.78, 5) is 35.6. The van der Waals surface area contributed by atoms with Gasteiger partial charge in [0.2, 0.25) is 5.88 Å². The van der Waals surface area contributed by atoms with E-state index in [-0.39, 0.29) is 30.6 Å². The Bertz CT molecular complexity index is 1650. The van der Waals surface area contributed by atoms with Crippen molar-refractivity contribution in [2.45, 2.75) is 50.5 Å². The number of carbonyl (C=O) groups is 1. The normalized spacial score (nSPS) is 14.1. The Labute approximate surface area is 257 Å². The summed E-state index contributed by atoms with van der Waals surface area (Å²) in [6.07, 6.45) is 0.553. The molecule has 3 aromatic heterocycles. The fourth-order valence-electron chi connectivity index (χ4n) is 5.18. The molecule has 0 spiro atoms. The maximum Gasteiger partial charge on any atom is 0.434 e. The maximum atomic E-state index is 13.6. The zero-order valence-electron chi connectivity index (χ0n) is 25.5. The Balaban J connectivity index is 1.58. The van der Waals surface area contributed by atoms with Crippen LogP contribution in [0.3, 0.4) is 0 Å². The molecule has 0 saturated heterocycles. The standard InChI is InChI=1S/C31H33F3N6O5/c1-6-45-29(41)20(13-17-7-9-19(10-8-17)27-38-22(15-40(27)2)31(32,33)34)25-21(30(43-4)44-5)14-35-26(39-25)23-24(18-11-12-18)36-16-37-28(23)42-3/h7-10,14-16,18,20,30H,6,11-13H2,1-5H3. The van der Waals surface area contributed by atoms with Crippen molar-refractivity contribution in [1.82, 2.24) is 29.5 Å². The lowest BCUT2D eigenvalue weighted by Crippen LogP contribution is -2.23. The summed E-state index contributed by atoms with van der Waals surface area (Å²) >= 11 is 0. The van der Waals surface area contributed by atoms with Crippen molar-refractivity contribution in [2.24, 2.45) is 7.05 Å². The van der Waals surface area contributed by atoms with Gasteiger partial charge in [-0.2, -0.15) is 13.2 Å². The Morgan fingerprint density at radius 3 is 2.33 bits per heavy atom. The molecule has 1 aliphatic carbocycles. The van der Waals surface area contributed by atoms with Crippen molar-refractivity contribution in [3.63, 3.8) is 0 Å². The fourth-order valence-corrected chi connectivity index (χ4v) is 5.18. The molecular formula is C31H33F3N6O5.